The van der Waals surface area contributed by atoms with Gasteiger partial charge in [0.25, 0.3) is 0 Å². The largest absolute Gasteiger partial charge is 0.396 e. The van der Waals surface area contributed by atoms with Crippen LogP contribution in [0.25, 0.3) is 0 Å². The number of hydrogen-bond acceptors (Lipinski definition) is 3. The van der Waals surface area contributed by atoms with Crippen LogP contribution in [-0.2, 0) is 4.74 Å². The van der Waals surface area contributed by atoms with Gasteiger partial charge in [-0.2, -0.15) is 0 Å². The number of anilines is 1. The molecule has 0 unspecified atom stereocenters. The lowest BCUT2D eigenvalue weighted by molar-refractivity contribution is -0.128. The van der Waals surface area contributed by atoms with E-state index < -0.39 is 0 Å². The van der Waals surface area contributed by atoms with Crippen molar-refractivity contribution in [1.29, 1.82) is 0 Å². The molecule has 0 aliphatic carbocycles. The maximum Gasteiger partial charge on any atom is 0.0584 e. The van der Waals surface area contributed by atoms with Gasteiger partial charge in [0.2, 0.25) is 0 Å². The minimum Gasteiger partial charge on any atom is -0.396 e. The molecule has 88 valence electrons. The van der Waals surface area contributed by atoms with Crippen LogP contribution in [0.15, 0.2) is 18.2 Å². The highest BCUT2D eigenvalue weighted by Gasteiger charge is 2.37. The van der Waals surface area contributed by atoms with Crippen molar-refractivity contribution in [1.82, 2.24) is 0 Å². The van der Waals surface area contributed by atoms with E-state index in [9.17, 15) is 5.11 Å². The van der Waals surface area contributed by atoms with E-state index in [2.05, 4.69) is 37.4 Å². The molecule has 0 aromatic heterocycles. The lowest BCUT2D eigenvalue weighted by atomic mass is 9.87. The van der Waals surface area contributed by atoms with Crippen molar-refractivity contribution in [2.24, 2.45) is 5.41 Å². The summed E-state index contributed by atoms with van der Waals surface area (Å²) >= 11 is 0. The predicted molar refractivity (Wildman–Crippen MR) is 64.7 cm³/mol. The maximum atomic E-state index is 9.30. The van der Waals surface area contributed by atoms with E-state index in [0.717, 1.165) is 12.2 Å². The molecule has 0 amide bonds. The Labute approximate surface area is 96.4 Å². The molecule has 1 aromatic carbocycles. The standard InChI is InChI=1S/C13H19NO2/c1-10-3-11(2)5-12(4-10)14-6-13(7-15)8-16-9-13/h3-5,14-15H,6-9H2,1-2H3. The summed E-state index contributed by atoms with van der Waals surface area (Å²) in [6, 6.07) is 6.40. The number of rotatable bonds is 4. The quantitative estimate of drug-likeness (QED) is 0.813. The smallest absolute Gasteiger partial charge is 0.0584 e. The molecule has 0 saturated carbocycles. The highest BCUT2D eigenvalue weighted by Crippen LogP contribution is 2.27. The van der Waals surface area contributed by atoms with Crippen LogP contribution in [0, 0.1) is 19.3 Å². The second-order valence-electron chi connectivity index (χ2n) is 4.88. The van der Waals surface area contributed by atoms with Crippen LogP contribution < -0.4 is 5.32 Å². The Bertz CT molecular complexity index is 346. The Balaban J connectivity index is 1.98. The van der Waals surface area contributed by atoms with Crippen LogP contribution in [0.2, 0.25) is 0 Å². The molecule has 1 fully saturated rings. The number of aryl methyl sites for hydroxylation is 2. The second-order valence-corrected chi connectivity index (χ2v) is 4.88. The van der Waals surface area contributed by atoms with Crippen LogP contribution in [0.1, 0.15) is 11.1 Å². The average molecular weight is 221 g/mol. The second kappa shape index (κ2) is 4.44. The van der Waals surface area contributed by atoms with E-state index in [1.807, 2.05) is 0 Å². The van der Waals surface area contributed by atoms with Gasteiger partial charge in [-0.25, -0.2) is 0 Å². The van der Waals surface area contributed by atoms with Gasteiger partial charge in [0.1, 0.15) is 0 Å². The summed E-state index contributed by atoms with van der Waals surface area (Å²) < 4.78 is 5.16. The van der Waals surface area contributed by atoms with Gasteiger partial charge in [0.05, 0.1) is 25.2 Å². The minimum absolute atomic E-state index is 0.0718. The maximum absolute atomic E-state index is 9.30. The first kappa shape index (κ1) is 11.4. The van der Waals surface area contributed by atoms with Crippen molar-refractivity contribution in [3.05, 3.63) is 29.3 Å². The van der Waals surface area contributed by atoms with Crippen molar-refractivity contribution in [3.63, 3.8) is 0 Å². The van der Waals surface area contributed by atoms with E-state index in [-0.39, 0.29) is 12.0 Å². The van der Waals surface area contributed by atoms with Gasteiger partial charge in [-0.15, -0.1) is 0 Å². The highest BCUT2D eigenvalue weighted by atomic mass is 16.5. The average Bonchev–Trinajstić information content (AvgIpc) is 2.15. The summed E-state index contributed by atoms with van der Waals surface area (Å²) in [4.78, 5) is 0. The number of ether oxygens (including phenoxy) is 1. The lowest BCUT2D eigenvalue weighted by Crippen LogP contribution is -2.50. The van der Waals surface area contributed by atoms with Gasteiger partial charge in [0, 0.05) is 12.2 Å². The highest BCUT2D eigenvalue weighted by molar-refractivity contribution is 5.48. The number of aliphatic hydroxyl groups is 1. The third-order valence-corrected chi connectivity index (χ3v) is 3.04. The zero-order valence-electron chi connectivity index (χ0n) is 9.92. The minimum atomic E-state index is -0.0718. The summed E-state index contributed by atoms with van der Waals surface area (Å²) in [5, 5.41) is 12.7. The van der Waals surface area contributed by atoms with Crippen LogP contribution in [0.3, 0.4) is 0 Å². The topological polar surface area (TPSA) is 41.5 Å². The Morgan fingerprint density at radius 2 is 1.88 bits per heavy atom. The van der Waals surface area contributed by atoms with E-state index in [0.29, 0.717) is 13.2 Å². The molecule has 3 heteroatoms. The zero-order valence-corrected chi connectivity index (χ0v) is 9.92. The van der Waals surface area contributed by atoms with Crippen LogP contribution in [0.5, 0.6) is 0 Å². The molecule has 2 N–H and O–H groups in total. The number of nitrogens with one attached hydrogen (secondary N) is 1. The Morgan fingerprint density at radius 1 is 1.25 bits per heavy atom. The van der Waals surface area contributed by atoms with Crippen molar-refractivity contribution >= 4 is 5.69 Å². The van der Waals surface area contributed by atoms with Crippen molar-refractivity contribution in [2.45, 2.75) is 13.8 Å². The van der Waals surface area contributed by atoms with E-state index in [1.165, 1.54) is 11.1 Å². The van der Waals surface area contributed by atoms with Gasteiger partial charge in [-0.3, -0.25) is 0 Å². The summed E-state index contributed by atoms with van der Waals surface area (Å²) in [5.41, 5.74) is 3.56. The van der Waals surface area contributed by atoms with E-state index in [4.69, 9.17) is 4.74 Å². The fraction of sp³-hybridized carbons (Fsp3) is 0.538. The molecule has 1 aromatic rings. The first-order valence-corrected chi connectivity index (χ1v) is 5.64. The Morgan fingerprint density at radius 3 is 2.31 bits per heavy atom. The molecule has 0 radical (unpaired) electrons. The van der Waals surface area contributed by atoms with Crippen molar-refractivity contribution in [3.8, 4) is 0 Å². The molecule has 1 saturated heterocycles. The first-order chi connectivity index (χ1) is 7.63. The SMILES string of the molecule is Cc1cc(C)cc(NCC2(CO)COC2)c1. The molecule has 1 aliphatic heterocycles. The van der Waals surface area contributed by atoms with Gasteiger partial charge >= 0.3 is 0 Å². The molecule has 16 heavy (non-hydrogen) atoms. The Hall–Kier alpha value is -1.06. The lowest BCUT2D eigenvalue weighted by Gasteiger charge is -2.40. The molecule has 3 nitrogen and oxygen atoms in total. The van der Waals surface area contributed by atoms with Gasteiger partial charge in [0.15, 0.2) is 0 Å². The third-order valence-electron chi connectivity index (χ3n) is 3.04. The van der Waals surface area contributed by atoms with Crippen molar-refractivity contribution < 1.29 is 9.84 Å². The number of benzene rings is 1. The summed E-state index contributed by atoms with van der Waals surface area (Å²) in [5.74, 6) is 0. The number of hydrogen-bond donors (Lipinski definition) is 2. The summed E-state index contributed by atoms with van der Waals surface area (Å²) in [6.45, 7) is 6.44. The van der Waals surface area contributed by atoms with E-state index in [1.54, 1.807) is 0 Å². The molecule has 0 spiro atoms. The molecule has 2 rings (SSSR count). The van der Waals surface area contributed by atoms with Crippen LogP contribution >= 0.6 is 0 Å². The third kappa shape index (κ3) is 2.36. The summed E-state index contributed by atoms with van der Waals surface area (Å²) in [7, 11) is 0. The fourth-order valence-corrected chi connectivity index (χ4v) is 2.01. The van der Waals surface area contributed by atoms with Crippen LogP contribution in [-0.4, -0.2) is 31.5 Å². The Kier molecular flexibility index (Phi) is 3.17. The molecule has 1 aliphatic rings. The molecule has 0 atom stereocenters. The molecule has 1 heterocycles. The fourth-order valence-electron chi connectivity index (χ4n) is 2.01. The molecular weight excluding hydrogens is 202 g/mol. The predicted octanol–water partition coefficient (Wildman–Crippen LogP) is 1.72. The molecule has 0 bridgehead atoms. The van der Waals surface area contributed by atoms with Gasteiger partial charge in [-0.05, 0) is 37.1 Å². The monoisotopic (exact) mass is 221 g/mol. The van der Waals surface area contributed by atoms with E-state index >= 15 is 0 Å². The zero-order chi connectivity index (χ0) is 11.6. The van der Waals surface area contributed by atoms with Gasteiger partial charge < -0.3 is 15.2 Å². The molecular formula is C13H19NO2. The number of aliphatic hydroxyl groups excluding tert-OH is 1. The first-order valence-electron chi connectivity index (χ1n) is 5.64. The van der Waals surface area contributed by atoms with Crippen LogP contribution in [0.4, 0.5) is 5.69 Å². The summed E-state index contributed by atoms with van der Waals surface area (Å²) in [6.07, 6.45) is 0. The van der Waals surface area contributed by atoms with Crippen molar-refractivity contribution in [2.75, 3.05) is 31.7 Å². The normalized spacial score (nSPS) is 17.9. The van der Waals surface area contributed by atoms with Gasteiger partial charge in [-0.1, -0.05) is 6.07 Å².